The molecule has 2 rings (SSSR count). The van der Waals surface area contributed by atoms with Crippen molar-refractivity contribution in [1.29, 1.82) is 0 Å². The summed E-state index contributed by atoms with van der Waals surface area (Å²) in [6, 6.07) is 16.9. The van der Waals surface area contributed by atoms with E-state index in [4.69, 9.17) is 0 Å². The average molecular weight is 523 g/mol. The Balaban J connectivity index is -0.000000112. The molecule has 4 heteroatoms. The summed E-state index contributed by atoms with van der Waals surface area (Å²) < 4.78 is 0. The summed E-state index contributed by atoms with van der Waals surface area (Å²) in [6.45, 7) is 13.2. The fourth-order valence-electron chi connectivity index (χ4n) is 1.55. The SMILES string of the molecule is CC(C)[c-]1cccc1.CC(C)[c-]1cccc1.C[SiH]C.[Cl-].[Cl-].[Hf+4]. The van der Waals surface area contributed by atoms with Gasteiger partial charge in [0.15, 0.2) is 0 Å². The quantitative estimate of drug-likeness (QED) is 0.371. The molecule has 0 N–H and O–H groups in total. The molecule has 0 unspecified atom stereocenters. The molecule has 0 aliphatic rings. The molecular formula is C18H29Cl2HfSi. The van der Waals surface area contributed by atoms with Gasteiger partial charge in [0.1, 0.15) is 0 Å². The van der Waals surface area contributed by atoms with Gasteiger partial charge in [-0.2, -0.15) is 35.4 Å². The molecular weight excluding hydrogens is 494 g/mol. The summed E-state index contributed by atoms with van der Waals surface area (Å²) >= 11 is 0. The average Bonchev–Trinajstić information content (AvgIpc) is 3.05. The Kier molecular flexibility index (Phi) is 26.7. The minimum absolute atomic E-state index is 0. The van der Waals surface area contributed by atoms with Crippen LogP contribution in [0.15, 0.2) is 48.5 Å². The van der Waals surface area contributed by atoms with Crippen LogP contribution in [-0.4, -0.2) is 9.52 Å². The van der Waals surface area contributed by atoms with Gasteiger partial charge in [0.25, 0.3) is 0 Å². The van der Waals surface area contributed by atoms with E-state index in [1.165, 1.54) is 11.1 Å². The Morgan fingerprint density at radius 3 is 0.909 bits per heavy atom. The van der Waals surface area contributed by atoms with Crippen molar-refractivity contribution in [2.24, 2.45) is 0 Å². The van der Waals surface area contributed by atoms with Gasteiger partial charge in [-0.25, -0.2) is 24.3 Å². The molecule has 0 fully saturated rings. The standard InChI is InChI=1S/2C8H11.C2H7Si.2ClH.Hf/c2*1-7(2)8-5-3-4-6-8;1-3-2;;;/h2*3-7H,1-2H3;3H,1-2H3;2*1H;/q2*-1;;;;+4/p-2. The maximum absolute atomic E-state index is 2.21. The number of hydrogen-bond acceptors (Lipinski definition) is 0. The van der Waals surface area contributed by atoms with E-state index in [2.05, 4.69) is 89.3 Å². The maximum atomic E-state index is 2.21. The Labute approximate surface area is 171 Å². The van der Waals surface area contributed by atoms with Gasteiger partial charge < -0.3 is 24.8 Å². The minimum Gasteiger partial charge on any atom is -1.00 e. The van der Waals surface area contributed by atoms with Crippen molar-refractivity contribution in [3.63, 3.8) is 0 Å². The summed E-state index contributed by atoms with van der Waals surface area (Å²) in [6.07, 6.45) is 0. The first-order chi connectivity index (χ1) is 9.02. The van der Waals surface area contributed by atoms with E-state index in [0.29, 0.717) is 11.8 Å². The van der Waals surface area contributed by atoms with Crippen LogP contribution in [0.3, 0.4) is 0 Å². The molecule has 0 atom stereocenters. The van der Waals surface area contributed by atoms with Gasteiger partial charge in [-0.1, -0.05) is 52.6 Å². The normalized spacial score (nSPS) is 8.36. The molecule has 1 radical (unpaired) electrons. The molecule has 123 valence electrons. The molecule has 0 spiro atoms. The topological polar surface area (TPSA) is 0 Å². The van der Waals surface area contributed by atoms with Crippen LogP contribution in [0.25, 0.3) is 0 Å². The number of halogens is 2. The monoisotopic (exact) mass is 523 g/mol. The van der Waals surface area contributed by atoms with E-state index < -0.39 is 0 Å². The van der Waals surface area contributed by atoms with Crippen molar-refractivity contribution in [2.75, 3.05) is 0 Å². The zero-order valence-corrected chi connectivity index (χ0v) is 20.9. The van der Waals surface area contributed by atoms with Crippen molar-refractivity contribution in [3.8, 4) is 0 Å². The van der Waals surface area contributed by atoms with Crippen LogP contribution in [-0.2, 0) is 25.8 Å². The van der Waals surface area contributed by atoms with Gasteiger partial charge in [0, 0.05) is 9.52 Å². The van der Waals surface area contributed by atoms with E-state index in [0.717, 1.165) is 9.52 Å². The summed E-state index contributed by atoms with van der Waals surface area (Å²) in [5.41, 5.74) is 2.87. The summed E-state index contributed by atoms with van der Waals surface area (Å²) in [4.78, 5) is 0. The molecule has 2 aromatic carbocycles. The molecule has 22 heavy (non-hydrogen) atoms. The van der Waals surface area contributed by atoms with Crippen LogP contribution in [0.4, 0.5) is 0 Å². The number of hydrogen-bond donors (Lipinski definition) is 0. The number of rotatable bonds is 2. The Bertz CT molecular complexity index is 343. The second kappa shape index (κ2) is 19.4. The fraction of sp³-hybridized carbons (Fsp3) is 0.444. The van der Waals surface area contributed by atoms with Crippen molar-refractivity contribution in [1.82, 2.24) is 0 Å². The van der Waals surface area contributed by atoms with Gasteiger partial charge in [0.05, 0.1) is 0 Å². The first-order valence-corrected chi connectivity index (χ1v) is 9.51. The molecule has 0 saturated heterocycles. The van der Waals surface area contributed by atoms with E-state index in [9.17, 15) is 0 Å². The summed E-state index contributed by atoms with van der Waals surface area (Å²) in [7, 11) is 0.750. The molecule has 0 heterocycles. The van der Waals surface area contributed by atoms with Crippen molar-refractivity contribution < 1.29 is 50.7 Å². The summed E-state index contributed by atoms with van der Waals surface area (Å²) in [5.74, 6) is 1.37. The van der Waals surface area contributed by atoms with Crippen molar-refractivity contribution >= 4 is 9.52 Å². The van der Waals surface area contributed by atoms with Gasteiger partial charge in [-0.05, 0) is 0 Å². The second-order valence-corrected chi connectivity index (χ2v) is 6.48. The minimum atomic E-state index is 0. The van der Waals surface area contributed by atoms with E-state index in [-0.39, 0.29) is 50.7 Å². The zero-order valence-electron chi connectivity index (χ0n) is 14.6. The first kappa shape index (κ1) is 30.3. The van der Waals surface area contributed by atoms with E-state index >= 15 is 0 Å². The molecule has 0 bridgehead atoms. The van der Waals surface area contributed by atoms with Gasteiger partial charge >= 0.3 is 25.8 Å². The van der Waals surface area contributed by atoms with Crippen LogP contribution in [0.1, 0.15) is 50.7 Å². The van der Waals surface area contributed by atoms with Crippen LogP contribution in [0, 0.1) is 0 Å². The van der Waals surface area contributed by atoms with Crippen LogP contribution in [0.2, 0.25) is 13.1 Å². The molecule has 0 aliphatic carbocycles. The van der Waals surface area contributed by atoms with Gasteiger partial charge in [-0.15, -0.1) is 0 Å². The first-order valence-electron chi connectivity index (χ1n) is 7.20. The van der Waals surface area contributed by atoms with E-state index in [1.807, 2.05) is 0 Å². The Morgan fingerprint density at radius 2 is 0.818 bits per heavy atom. The molecule has 0 saturated carbocycles. The van der Waals surface area contributed by atoms with Crippen LogP contribution in [0.5, 0.6) is 0 Å². The largest absolute Gasteiger partial charge is 4.00 e. The summed E-state index contributed by atoms with van der Waals surface area (Å²) in [5, 5.41) is 0. The molecule has 0 aromatic heterocycles. The molecule has 0 aliphatic heterocycles. The third-order valence-electron chi connectivity index (χ3n) is 2.71. The molecule has 0 amide bonds. The van der Waals surface area contributed by atoms with Gasteiger partial charge in [-0.3, -0.25) is 0 Å². The molecule has 0 nitrogen and oxygen atoms in total. The third kappa shape index (κ3) is 15.3. The maximum Gasteiger partial charge on any atom is 4.00 e. The van der Waals surface area contributed by atoms with Crippen LogP contribution >= 0.6 is 0 Å². The van der Waals surface area contributed by atoms with Crippen molar-refractivity contribution in [3.05, 3.63) is 59.7 Å². The third-order valence-corrected chi connectivity index (χ3v) is 2.71. The van der Waals surface area contributed by atoms with Gasteiger partial charge in [0.2, 0.25) is 0 Å². The Morgan fingerprint density at radius 1 is 0.636 bits per heavy atom. The zero-order chi connectivity index (χ0) is 14.7. The second-order valence-electron chi connectivity index (χ2n) is 5.32. The fourth-order valence-corrected chi connectivity index (χ4v) is 1.55. The van der Waals surface area contributed by atoms with Crippen molar-refractivity contribution in [2.45, 2.75) is 52.6 Å². The smallest absolute Gasteiger partial charge is 1.00 e. The predicted molar refractivity (Wildman–Crippen MR) is 91.1 cm³/mol. The Hall–Kier alpha value is 0.367. The van der Waals surface area contributed by atoms with E-state index in [1.54, 1.807) is 0 Å². The predicted octanol–water partition coefficient (Wildman–Crippen LogP) is -0.418. The molecule has 2 aromatic rings. The van der Waals surface area contributed by atoms with Crippen LogP contribution < -0.4 is 24.8 Å².